The van der Waals surface area contributed by atoms with E-state index < -0.39 is 0 Å². The fourth-order valence-electron chi connectivity index (χ4n) is 1.96. The molecule has 0 aliphatic rings. The van der Waals surface area contributed by atoms with Crippen LogP contribution < -0.4 is 4.90 Å². The maximum atomic E-state index is 12.4. The molecule has 0 bridgehead atoms. The first-order chi connectivity index (χ1) is 9.65. The van der Waals surface area contributed by atoms with Crippen molar-refractivity contribution in [1.82, 2.24) is 15.2 Å². The van der Waals surface area contributed by atoms with Gasteiger partial charge in [-0.25, -0.2) is 4.98 Å². The molecule has 1 aromatic carbocycles. The summed E-state index contributed by atoms with van der Waals surface area (Å²) >= 11 is 0. The van der Waals surface area contributed by atoms with Gasteiger partial charge >= 0.3 is 0 Å². The van der Waals surface area contributed by atoms with Gasteiger partial charge in [-0.3, -0.25) is 9.89 Å². The Kier molecular flexibility index (Phi) is 4.34. The van der Waals surface area contributed by atoms with Crippen molar-refractivity contribution >= 4 is 11.6 Å². The molecule has 0 aliphatic heterocycles. The molecular formula is C14H18N4O2. The van der Waals surface area contributed by atoms with E-state index in [0.29, 0.717) is 18.1 Å². The van der Waals surface area contributed by atoms with E-state index in [1.807, 2.05) is 13.8 Å². The van der Waals surface area contributed by atoms with Crippen LogP contribution in [0.2, 0.25) is 0 Å². The van der Waals surface area contributed by atoms with Crippen molar-refractivity contribution in [1.29, 1.82) is 0 Å². The van der Waals surface area contributed by atoms with E-state index in [9.17, 15) is 9.90 Å². The lowest BCUT2D eigenvalue weighted by atomic mass is 10.2. The monoisotopic (exact) mass is 274 g/mol. The third-order valence-corrected chi connectivity index (χ3v) is 2.91. The largest absolute Gasteiger partial charge is 0.508 e. The zero-order chi connectivity index (χ0) is 14.5. The fourth-order valence-corrected chi connectivity index (χ4v) is 1.96. The van der Waals surface area contributed by atoms with Crippen molar-refractivity contribution in [3.05, 3.63) is 35.9 Å². The molecule has 2 rings (SSSR count). The first-order valence-corrected chi connectivity index (χ1v) is 6.67. The van der Waals surface area contributed by atoms with E-state index in [4.69, 9.17) is 0 Å². The van der Waals surface area contributed by atoms with Crippen LogP contribution in [0.15, 0.2) is 24.3 Å². The number of carbonyl (C=O) groups is 1. The number of nitrogens with one attached hydrogen (secondary N) is 1. The average Bonchev–Trinajstić information content (AvgIpc) is 2.89. The first-order valence-electron chi connectivity index (χ1n) is 6.67. The zero-order valence-corrected chi connectivity index (χ0v) is 11.6. The molecule has 0 aliphatic carbocycles. The summed E-state index contributed by atoms with van der Waals surface area (Å²) in [6.07, 6.45) is 1.70. The molecule has 0 atom stereocenters. The highest BCUT2D eigenvalue weighted by atomic mass is 16.3. The Morgan fingerprint density at radius 2 is 2.20 bits per heavy atom. The molecule has 6 nitrogen and oxygen atoms in total. The summed E-state index contributed by atoms with van der Waals surface area (Å²) in [4.78, 5) is 18.1. The minimum atomic E-state index is -0.281. The molecule has 20 heavy (non-hydrogen) atoms. The SMILES string of the molecule is CCCc1nc(C(=O)N(CC)c2cccc(O)c2)n[nH]1. The van der Waals surface area contributed by atoms with Crippen molar-refractivity contribution in [2.45, 2.75) is 26.7 Å². The first kappa shape index (κ1) is 14.0. The van der Waals surface area contributed by atoms with E-state index in [-0.39, 0.29) is 17.5 Å². The number of phenols is 1. The highest BCUT2D eigenvalue weighted by Crippen LogP contribution is 2.21. The topological polar surface area (TPSA) is 82.1 Å². The number of hydrogen-bond acceptors (Lipinski definition) is 4. The quantitative estimate of drug-likeness (QED) is 0.875. The van der Waals surface area contributed by atoms with Gasteiger partial charge in [0.1, 0.15) is 11.6 Å². The van der Waals surface area contributed by atoms with Crippen LogP contribution >= 0.6 is 0 Å². The van der Waals surface area contributed by atoms with Crippen LogP contribution in [0.3, 0.4) is 0 Å². The molecule has 1 amide bonds. The molecule has 1 heterocycles. The third kappa shape index (κ3) is 2.96. The average molecular weight is 274 g/mol. The number of phenolic OH excluding ortho intramolecular Hbond substituents is 1. The predicted molar refractivity (Wildman–Crippen MR) is 75.8 cm³/mol. The Labute approximate surface area is 117 Å². The Bertz CT molecular complexity index is 594. The van der Waals surface area contributed by atoms with Crippen LogP contribution in [-0.2, 0) is 6.42 Å². The summed E-state index contributed by atoms with van der Waals surface area (Å²) in [5, 5.41) is 16.2. The number of aromatic nitrogens is 3. The van der Waals surface area contributed by atoms with Crippen LogP contribution in [0.25, 0.3) is 0 Å². The van der Waals surface area contributed by atoms with Crippen molar-refractivity contribution in [2.24, 2.45) is 0 Å². The number of aromatic hydroxyl groups is 1. The lowest BCUT2D eigenvalue weighted by molar-refractivity contribution is 0.0978. The number of carbonyl (C=O) groups excluding carboxylic acids is 1. The second kappa shape index (κ2) is 6.18. The second-order valence-corrected chi connectivity index (χ2v) is 4.42. The Hall–Kier alpha value is -2.37. The summed E-state index contributed by atoms with van der Waals surface area (Å²) in [6.45, 7) is 4.37. The number of benzene rings is 1. The number of nitrogens with zero attached hydrogens (tertiary/aromatic N) is 3. The minimum absolute atomic E-state index is 0.121. The molecule has 0 saturated carbocycles. The summed E-state index contributed by atoms with van der Waals surface area (Å²) in [6, 6.07) is 6.57. The van der Waals surface area contributed by atoms with Crippen LogP contribution in [0, 0.1) is 0 Å². The van der Waals surface area contributed by atoms with Gasteiger partial charge in [0.25, 0.3) is 5.91 Å². The van der Waals surface area contributed by atoms with Crippen LogP contribution in [0.1, 0.15) is 36.7 Å². The van der Waals surface area contributed by atoms with E-state index in [1.54, 1.807) is 24.3 Å². The summed E-state index contributed by atoms with van der Waals surface area (Å²) in [5.74, 6) is 0.702. The van der Waals surface area contributed by atoms with E-state index in [0.717, 1.165) is 12.8 Å². The molecule has 6 heteroatoms. The zero-order valence-electron chi connectivity index (χ0n) is 11.6. The van der Waals surface area contributed by atoms with E-state index in [1.165, 1.54) is 4.90 Å². The number of aromatic amines is 1. The fraction of sp³-hybridized carbons (Fsp3) is 0.357. The Morgan fingerprint density at radius 3 is 2.85 bits per heavy atom. The number of H-pyrrole nitrogens is 1. The molecule has 0 radical (unpaired) electrons. The normalized spacial score (nSPS) is 10.5. The van der Waals surface area contributed by atoms with Gasteiger partial charge in [0.2, 0.25) is 5.82 Å². The molecule has 106 valence electrons. The van der Waals surface area contributed by atoms with Gasteiger partial charge in [0.05, 0.1) is 0 Å². The molecular weight excluding hydrogens is 256 g/mol. The van der Waals surface area contributed by atoms with Crippen molar-refractivity contribution in [3.63, 3.8) is 0 Å². The standard InChI is InChI=1S/C14H18N4O2/c1-3-6-12-15-13(17-16-12)14(20)18(4-2)10-7-5-8-11(19)9-10/h5,7-9,19H,3-4,6H2,1-2H3,(H,15,16,17). The number of rotatable bonds is 5. The number of hydrogen-bond donors (Lipinski definition) is 2. The maximum Gasteiger partial charge on any atom is 0.297 e. The highest BCUT2D eigenvalue weighted by Gasteiger charge is 2.20. The lowest BCUT2D eigenvalue weighted by Crippen LogP contribution is -2.31. The Balaban J connectivity index is 2.24. The third-order valence-electron chi connectivity index (χ3n) is 2.91. The summed E-state index contributed by atoms with van der Waals surface area (Å²) < 4.78 is 0. The minimum Gasteiger partial charge on any atom is -0.508 e. The van der Waals surface area contributed by atoms with Gasteiger partial charge in [-0.15, -0.1) is 5.10 Å². The van der Waals surface area contributed by atoms with Gasteiger partial charge < -0.3 is 10.0 Å². The molecule has 0 spiro atoms. The van der Waals surface area contributed by atoms with E-state index >= 15 is 0 Å². The van der Waals surface area contributed by atoms with Crippen molar-refractivity contribution in [2.75, 3.05) is 11.4 Å². The number of anilines is 1. The smallest absolute Gasteiger partial charge is 0.297 e. The van der Waals surface area contributed by atoms with Crippen LogP contribution in [0.5, 0.6) is 5.75 Å². The molecule has 0 fully saturated rings. The molecule has 2 aromatic rings. The van der Waals surface area contributed by atoms with Crippen molar-refractivity contribution in [3.8, 4) is 5.75 Å². The highest BCUT2D eigenvalue weighted by molar-refractivity contribution is 6.03. The van der Waals surface area contributed by atoms with Gasteiger partial charge in [-0.2, -0.15) is 0 Å². The molecule has 2 N–H and O–H groups in total. The van der Waals surface area contributed by atoms with Gasteiger partial charge in [0.15, 0.2) is 0 Å². The van der Waals surface area contributed by atoms with Gasteiger partial charge in [-0.1, -0.05) is 13.0 Å². The van der Waals surface area contributed by atoms with Crippen LogP contribution in [-0.4, -0.2) is 32.7 Å². The molecule has 0 saturated heterocycles. The summed E-state index contributed by atoms with van der Waals surface area (Å²) in [7, 11) is 0. The van der Waals surface area contributed by atoms with Crippen molar-refractivity contribution < 1.29 is 9.90 Å². The lowest BCUT2D eigenvalue weighted by Gasteiger charge is -2.19. The maximum absolute atomic E-state index is 12.4. The summed E-state index contributed by atoms with van der Waals surface area (Å²) in [5.41, 5.74) is 0.624. The molecule has 1 aromatic heterocycles. The number of aryl methyl sites for hydroxylation is 1. The second-order valence-electron chi connectivity index (χ2n) is 4.42. The molecule has 0 unspecified atom stereocenters. The predicted octanol–water partition coefficient (Wildman–Crippen LogP) is 2.13. The Morgan fingerprint density at radius 1 is 1.40 bits per heavy atom. The van der Waals surface area contributed by atoms with E-state index in [2.05, 4.69) is 15.2 Å². The number of amides is 1. The van der Waals surface area contributed by atoms with Gasteiger partial charge in [-0.05, 0) is 25.5 Å². The van der Waals surface area contributed by atoms with Crippen LogP contribution in [0.4, 0.5) is 5.69 Å². The van der Waals surface area contributed by atoms with Gasteiger partial charge in [0, 0.05) is 24.7 Å².